The highest BCUT2D eigenvalue weighted by Crippen LogP contribution is 2.42. The summed E-state index contributed by atoms with van der Waals surface area (Å²) in [6.07, 6.45) is 4.00. The van der Waals surface area contributed by atoms with E-state index < -0.39 is 13.1 Å². The number of morpholine rings is 1. The van der Waals surface area contributed by atoms with Crippen LogP contribution in [0.1, 0.15) is 53.7 Å². The predicted molar refractivity (Wildman–Crippen MR) is 143 cm³/mol. The molecule has 0 atom stereocenters. The Morgan fingerprint density at radius 3 is 2.46 bits per heavy atom. The van der Waals surface area contributed by atoms with E-state index in [0.717, 1.165) is 50.1 Å². The maximum Gasteiger partial charge on any atom is 0.342 e. The highest BCUT2D eigenvalue weighted by atomic mass is 31.2. The molecule has 0 radical (unpaired) electrons. The molecule has 0 amide bonds. The van der Waals surface area contributed by atoms with Crippen LogP contribution in [0.15, 0.2) is 11.6 Å². The van der Waals surface area contributed by atoms with Crippen LogP contribution in [0.3, 0.4) is 0 Å². The quantitative estimate of drug-likeness (QED) is 0.266. The fourth-order valence-electron chi connectivity index (χ4n) is 3.89. The Morgan fingerprint density at radius 2 is 1.86 bits per heavy atom. The van der Waals surface area contributed by atoms with Crippen molar-refractivity contribution in [3.05, 3.63) is 33.9 Å². The Labute approximate surface area is 220 Å². The number of ether oxygens (including phenoxy) is 4. The number of hydrogen-bond donors (Lipinski definition) is 1. The van der Waals surface area contributed by atoms with Gasteiger partial charge in [-0.2, -0.15) is 0 Å². The minimum absolute atomic E-state index is 0.0912. The molecular weight excluding hydrogens is 497 g/mol. The van der Waals surface area contributed by atoms with E-state index in [4.69, 9.17) is 18.9 Å². The van der Waals surface area contributed by atoms with Gasteiger partial charge in [0, 0.05) is 37.2 Å². The van der Waals surface area contributed by atoms with Gasteiger partial charge in [0.2, 0.25) is 0 Å². The van der Waals surface area contributed by atoms with Crippen molar-refractivity contribution in [2.75, 3.05) is 66.1 Å². The van der Waals surface area contributed by atoms with E-state index in [9.17, 15) is 19.3 Å². The molecule has 2 heterocycles. The summed E-state index contributed by atoms with van der Waals surface area (Å²) in [6, 6.07) is 0. The molecule has 3 rings (SSSR count). The van der Waals surface area contributed by atoms with Gasteiger partial charge in [-0.1, -0.05) is 18.6 Å². The molecule has 1 N–H and O–H groups in total. The topological polar surface area (TPSA) is 112 Å². The lowest BCUT2D eigenvalue weighted by atomic mass is 9.94. The first-order valence-corrected chi connectivity index (χ1v) is 15.5. The van der Waals surface area contributed by atoms with Gasteiger partial charge in [-0.3, -0.25) is 9.69 Å². The van der Waals surface area contributed by atoms with Gasteiger partial charge in [-0.05, 0) is 51.7 Å². The van der Waals surface area contributed by atoms with Gasteiger partial charge in [0.25, 0.3) is 0 Å². The highest BCUT2D eigenvalue weighted by molar-refractivity contribution is 7.62. The number of rotatable bonds is 10. The lowest BCUT2D eigenvalue weighted by Crippen LogP contribution is -2.38. The molecule has 2 aliphatic heterocycles. The first-order chi connectivity index (χ1) is 17.5. The van der Waals surface area contributed by atoms with Crippen molar-refractivity contribution >= 4 is 19.1 Å². The lowest BCUT2D eigenvalue weighted by Gasteiger charge is -2.26. The molecule has 0 saturated carbocycles. The molecule has 208 valence electrons. The fraction of sp³-hybridized carbons (Fsp3) is 0.630. The summed E-state index contributed by atoms with van der Waals surface area (Å²) in [7, 11) is -0.106. The summed E-state index contributed by atoms with van der Waals surface area (Å²) in [4.78, 5) is 26.2. The summed E-state index contributed by atoms with van der Waals surface area (Å²) in [5.41, 5.74) is 3.23. The van der Waals surface area contributed by atoms with Crippen molar-refractivity contribution in [1.29, 1.82) is 0 Å². The Hall–Kier alpha value is -2.35. The molecule has 0 spiro atoms. The van der Waals surface area contributed by atoms with E-state index in [2.05, 4.69) is 4.90 Å². The van der Waals surface area contributed by atoms with Crippen LogP contribution in [0.25, 0.3) is 0 Å². The minimum atomic E-state index is -1.65. The normalized spacial score (nSPS) is 15.9. The number of nitrogens with zero attached hydrogens (tertiary/aromatic N) is 1. The highest BCUT2D eigenvalue weighted by Gasteiger charge is 2.31. The van der Waals surface area contributed by atoms with E-state index in [1.807, 2.05) is 26.8 Å². The van der Waals surface area contributed by atoms with Crippen molar-refractivity contribution < 1.29 is 38.2 Å². The average molecular weight is 540 g/mol. The van der Waals surface area contributed by atoms with Gasteiger partial charge < -0.3 is 28.6 Å². The molecule has 0 aliphatic carbocycles. The number of hydrogen-bond acceptors (Lipinski definition) is 9. The smallest absolute Gasteiger partial charge is 0.342 e. The summed E-state index contributed by atoms with van der Waals surface area (Å²) in [6.45, 7) is 13.8. The van der Waals surface area contributed by atoms with Crippen LogP contribution in [0.4, 0.5) is 0 Å². The van der Waals surface area contributed by atoms with Gasteiger partial charge in [0.1, 0.15) is 30.3 Å². The van der Waals surface area contributed by atoms with E-state index in [-0.39, 0.29) is 23.9 Å². The minimum Gasteiger partial charge on any atom is -0.507 e. The van der Waals surface area contributed by atoms with E-state index in [0.29, 0.717) is 42.7 Å². The van der Waals surface area contributed by atoms with E-state index >= 15 is 0 Å². The van der Waals surface area contributed by atoms with Crippen LogP contribution in [0.5, 0.6) is 11.5 Å². The maximum absolute atomic E-state index is 12.0. The lowest BCUT2D eigenvalue weighted by molar-refractivity contribution is -0.144. The first-order valence-electron chi connectivity index (χ1n) is 12.7. The Balaban J connectivity index is 0.000000717. The molecule has 2 aliphatic rings. The van der Waals surface area contributed by atoms with Gasteiger partial charge in [0.15, 0.2) is 0 Å². The second-order valence-electron chi connectivity index (χ2n) is 9.73. The van der Waals surface area contributed by atoms with Crippen LogP contribution in [-0.4, -0.2) is 88.0 Å². The standard InChI is InChI=1S/C23H31NO7.C4H11OP/c1-15(5-7-19(25)30-13-10-24-8-11-29-12-9-24)4-6-17-21(26)20-18(14-31-23(20)27)16(2)22(17)28-3;1-4-6(2,3)5/h4,26H,5-14H2,1-3H3;4H2,1-3H3/b15-4+;. The van der Waals surface area contributed by atoms with Crippen LogP contribution in [0.2, 0.25) is 0 Å². The zero-order valence-corrected chi connectivity index (χ0v) is 23.9. The predicted octanol–water partition coefficient (Wildman–Crippen LogP) is 4.15. The van der Waals surface area contributed by atoms with E-state index in [1.165, 1.54) is 0 Å². The van der Waals surface area contributed by atoms with Crippen LogP contribution < -0.4 is 4.74 Å². The molecule has 9 nitrogen and oxygen atoms in total. The average Bonchev–Trinajstić information content (AvgIpc) is 3.26. The third-order valence-electron chi connectivity index (χ3n) is 6.56. The van der Waals surface area contributed by atoms with Gasteiger partial charge in [0.05, 0.1) is 27.5 Å². The number of cyclic esters (lactones) is 1. The van der Waals surface area contributed by atoms with Gasteiger partial charge >= 0.3 is 11.9 Å². The molecule has 1 aromatic rings. The Morgan fingerprint density at radius 1 is 1.22 bits per heavy atom. The Bertz CT molecular complexity index is 1020. The molecular formula is C27H42NO8P. The van der Waals surface area contributed by atoms with Crippen molar-refractivity contribution in [2.45, 2.75) is 46.6 Å². The third-order valence-corrected chi connectivity index (χ3v) is 8.08. The molecule has 0 unspecified atom stereocenters. The molecule has 37 heavy (non-hydrogen) atoms. The number of allylic oxidation sites excluding steroid dienone is 2. The molecule has 1 saturated heterocycles. The number of carbonyl (C=O) groups is 2. The third kappa shape index (κ3) is 9.47. The summed E-state index contributed by atoms with van der Waals surface area (Å²) in [5, 5.41) is 10.7. The number of phenols is 1. The molecule has 1 aromatic carbocycles. The second kappa shape index (κ2) is 14.6. The van der Waals surface area contributed by atoms with Crippen LogP contribution in [-0.2, 0) is 36.6 Å². The fourth-order valence-corrected chi connectivity index (χ4v) is 3.89. The summed E-state index contributed by atoms with van der Waals surface area (Å²) >= 11 is 0. The zero-order chi connectivity index (χ0) is 27.6. The molecule has 1 fully saturated rings. The van der Waals surface area contributed by atoms with Gasteiger partial charge in [-0.25, -0.2) is 4.79 Å². The van der Waals surface area contributed by atoms with Crippen molar-refractivity contribution in [3.63, 3.8) is 0 Å². The molecule has 10 heteroatoms. The van der Waals surface area contributed by atoms with Gasteiger partial charge in [-0.15, -0.1) is 0 Å². The number of aromatic hydroxyl groups is 1. The van der Waals surface area contributed by atoms with Crippen LogP contribution >= 0.6 is 7.14 Å². The number of esters is 2. The molecule has 0 bridgehead atoms. The largest absolute Gasteiger partial charge is 0.507 e. The van der Waals surface area contributed by atoms with Crippen LogP contribution in [0, 0.1) is 6.92 Å². The molecule has 0 aromatic heterocycles. The SMILES string of the molecule is CCP(C)(C)=O.COc1c(C)c2c(c(O)c1C/C=C(\C)CCC(=O)OCCN1CCOCC1)C(=O)OC2. The maximum atomic E-state index is 12.0. The number of carbonyl (C=O) groups excluding carboxylic acids is 2. The Kier molecular flexibility index (Phi) is 12.1. The van der Waals surface area contributed by atoms with Crippen molar-refractivity contribution in [3.8, 4) is 11.5 Å². The summed E-state index contributed by atoms with van der Waals surface area (Å²) in [5.74, 6) is -0.273. The zero-order valence-electron chi connectivity index (χ0n) is 23.1. The summed E-state index contributed by atoms with van der Waals surface area (Å²) < 4.78 is 31.8. The first kappa shape index (κ1) is 30.9. The monoisotopic (exact) mass is 539 g/mol. The number of phenolic OH excluding ortho intramolecular Hbond substituents is 1. The number of methoxy groups -OCH3 is 1. The van der Waals surface area contributed by atoms with Crippen molar-refractivity contribution in [2.24, 2.45) is 0 Å². The number of benzene rings is 1. The number of fused-ring (bicyclic) bond motifs is 1. The van der Waals surface area contributed by atoms with E-state index in [1.54, 1.807) is 20.4 Å². The second-order valence-corrected chi connectivity index (χ2v) is 13.5. The van der Waals surface area contributed by atoms with Crippen molar-refractivity contribution in [1.82, 2.24) is 4.90 Å².